The van der Waals surface area contributed by atoms with Crippen LogP contribution in [0.25, 0.3) is 0 Å². The third-order valence-corrected chi connectivity index (χ3v) is 3.47. The SMILES string of the molecule is Cc1nc(C/C(N)=N/OCc2ccc(CO)cc2)cs1. The lowest BCUT2D eigenvalue weighted by atomic mass is 10.1. The van der Waals surface area contributed by atoms with E-state index in [-0.39, 0.29) is 6.61 Å². The van der Waals surface area contributed by atoms with E-state index in [1.807, 2.05) is 36.6 Å². The summed E-state index contributed by atoms with van der Waals surface area (Å²) in [4.78, 5) is 9.52. The van der Waals surface area contributed by atoms with Crippen LogP contribution in [-0.2, 0) is 24.5 Å². The van der Waals surface area contributed by atoms with E-state index in [2.05, 4.69) is 10.1 Å². The topological polar surface area (TPSA) is 80.7 Å². The van der Waals surface area contributed by atoms with E-state index >= 15 is 0 Å². The Bertz CT molecular complexity index is 578. The van der Waals surface area contributed by atoms with Gasteiger partial charge in [-0.05, 0) is 18.1 Å². The number of nitrogens with two attached hydrogens (primary N) is 1. The maximum atomic E-state index is 8.94. The summed E-state index contributed by atoms with van der Waals surface area (Å²) >= 11 is 1.59. The van der Waals surface area contributed by atoms with Gasteiger partial charge in [-0.25, -0.2) is 4.98 Å². The van der Waals surface area contributed by atoms with Crippen LogP contribution in [0.2, 0.25) is 0 Å². The van der Waals surface area contributed by atoms with Gasteiger partial charge in [-0.2, -0.15) is 0 Å². The number of thiazole rings is 1. The Labute approximate surface area is 121 Å². The molecular formula is C14H17N3O2S. The quantitative estimate of drug-likeness (QED) is 0.484. The molecule has 0 fully saturated rings. The second kappa shape index (κ2) is 7.02. The van der Waals surface area contributed by atoms with Gasteiger partial charge in [0.25, 0.3) is 0 Å². The molecule has 0 atom stereocenters. The van der Waals surface area contributed by atoms with E-state index in [4.69, 9.17) is 15.7 Å². The molecule has 2 aromatic rings. The van der Waals surface area contributed by atoms with Crippen LogP contribution in [0.5, 0.6) is 0 Å². The standard InChI is InChI=1S/C14H17N3O2S/c1-10-16-13(9-20-10)6-14(15)17-19-8-12-4-2-11(7-18)3-5-12/h2-5,9,18H,6-8H2,1H3,(H2,15,17). The molecule has 0 bridgehead atoms. The van der Waals surface area contributed by atoms with Crippen molar-refractivity contribution in [1.29, 1.82) is 0 Å². The highest BCUT2D eigenvalue weighted by molar-refractivity contribution is 7.09. The third-order valence-electron chi connectivity index (χ3n) is 2.65. The van der Waals surface area contributed by atoms with Gasteiger partial charge in [0.05, 0.1) is 23.7 Å². The smallest absolute Gasteiger partial charge is 0.145 e. The van der Waals surface area contributed by atoms with Gasteiger partial charge in [0.2, 0.25) is 0 Å². The van der Waals surface area contributed by atoms with Gasteiger partial charge < -0.3 is 15.7 Å². The monoisotopic (exact) mass is 291 g/mol. The van der Waals surface area contributed by atoms with Crippen molar-refractivity contribution in [1.82, 2.24) is 4.98 Å². The number of amidine groups is 1. The minimum atomic E-state index is 0.0410. The van der Waals surface area contributed by atoms with E-state index in [1.54, 1.807) is 11.3 Å². The van der Waals surface area contributed by atoms with Crippen molar-refractivity contribution < 1.29 is 9.94 Å². The Kier molecular flexibility index (Phi) is 5.09. The Morgan fingerprint density at radius 3 is 2.65 bits per heavy atom. The van der Waals surface area contributed by atoms with Gasteiger partial charge >= 0.3 is 0 Å². The first-order valence-corrected chi connectivity index (χ1v) is 7.09. The maximum absolute atomic E-state index is 8.94. The van der Waals surface area contributed by atoms with Crippen LogP contribution in [0, 0.1) is 6.92 Å². The Hall–Kier alpha value is -1.92. The van der Waals surface area contributed by atoms with Crippen molar-refractivity contribution in [3.05, 3.63) is 51.5 Å². The summed E-state index contributed by atoms with van der Waals surface area (Å²) in [5.74, 6) is 0.405. The van der Waals surface area contributed by atoms with Crippen LogP contribution in [0.15, 0.2) is 34.8 Å². The Morgan fingerprint density at radius 2 is 2.05 bits per heavy atom. The molecule has 6 heteroatoms. The van der Waals surface area contributed by atoms with Crippen molar-refractivity contribution in [3.8, 4) is 0 Å². The second-order valence-corrected chi connectivity index (χ2v) is 5.43. The molecule has 5 nitrogen and oxygen atoms in total. The van der Waals surface area contributed by atoms with Crippen LogP contribution in [-0.4, -0.2) is 15.9 Å². The Balaban J connectivity index is 1.82. The van der Waals surface area contributed by atoms with E-state index < -0.39 is 0 Å². The summed E-state index contributed by atoms with van der Waals surface area (Å²) in [6, 6.07) is 7.48. The molecule has 0 saturated carbocycles. The fourth-order valence-corrected chi connectivity index (χ4v) is 2.25. The van der Waals surface area contributed by atoms with Gasteiger partial charge in [0.15, 0.2) is 0 Å². The number of aliphatic hydroxyl groups is 1. The largest absolute Gasteiger partial charge is 0.392 e. The molecule has 1 aromatic heterocycles. The summed E-state index contributed by atoms with van der Waals surface area (Å²) in [5.41, 5.74) is 8.53. The van der Waals surface area contributed by atoms with Crippen molar-refractivity contribution in [3.63, 3.8) is 0 Å². The molecule has 20 heavy (non-hydrogen) atoms. The van der Waals surface area contributed by atoms with Crippen molar-refractivity contribution in [2.45, 2.75) is 26.6 Å². The normalized spacial score (nSPS) is 11.6. The van der Waals surface area contributed by atoms with E-state index in [0.29, 0.717) is 18.9 Å². The number of aromatic nitrogens is 1. The molecular weight excluding hydrogens is 274 g/mol. The summed E-state index contributed by atoms with van der Waals surface area (Å²) in [6.07, 6.45) is 0.494. The zero-order valence-electron chi connectivity index (χ0n) is 11.2. The molecule has 1 aromatic carbocycles. The van der Waals surface area contributed by atoms with Crippen molar-refractivity contribution in [2.75, 3.05) is 0 Å². The van der Waals surface area contributed by atoms with Crippen LogP contribution < -0.4 is 5.73 Å². The Morgan fingerprint density at radius 1 is 1.35 bits per heavy atom. The first-order chi connectivity index (χ1) is 9.67. The molecule has 3 N–H and O–H groups in total. The number of nitrogens with zero attached hydrogens (tertiary/aromatic N) is 2. The number of oxime groups is 1. The van der Waals surface area contributed by atoms with Crippen molar-refractivity contribution >= 4 is 17.2 Å². The molecule has 0 spiro atoms. The summed E-state index contributed by atoms with van der Waals surface area (Å²) in [6.45, 7) is 2.34. The molecule has 0 aliphatic heterocycles. The van der Waals surface area contributed by atoms with E-state index in [9.17, 15) is 0 Å². The zero-order valence-corrected chi connectivity index (χ0v) is 12.1. The number of rotatable bonds is 6. The van der Waals surface area contributed by atoms with Gasteiger partial charge in [-0.1, -0.05) is 29.4 Å². The lowest BCUT2D eigenvalue weighted by molar-refractivity contribution is 0.129. The maximum Gasteiger partial charge on any atom is 0.145 e. The lowest BCUT2D eigenvalue weighted by Gasteiger charge is -2.02. The first kappa shape index (κ1) is 14.5. The van der Waals surface area contributed by atoms with Crippen LogP contribution in [0.4, 0.5) is 0 Å². The van der Waals surface area contributed by atoms with E-state index in [0.717, 1.165) is 21.8 Å². The van der Waals surface area contributed by atoms with Gasteiger partial charge in [-0.3, -0.25) is 0 Å². The number of aliphatic hydroxyl groups excluding tert-OH is 1. The highest BCUT2D eigenvalue weighted by atomic mass is 32.1. The summed E-state index contributed by atoms with van der Waals surface area (Å²) in [5, 5.41) is 15.8. The van der Waals surface area contributed by atoms with Crippen LogP contribution in [0.1, 0.15) is 21.8 Å². The lowest BCUT2D eigenvalue weighted by Crippen LogP contribution is -2.15. The molecule has 0 aliphatic carbocycles. The van der Waals surface area contributed by atoms with Crippen LogP contribution >= 0.6 is 11.3 Å². The van der Waals surface area contributed by atoms with E-state index in [1.165, 1.54) is 0 Å². The van der Waals surface area contributed by atoms with Gasteiger partial charge in [-0.15, -0.1) is 11.3 Å². The minimum absolute atomic E-state index is 0.0410. The third kappa shape index (κ3) is 4.32. The fourth-order valence-electron chi connectivity index (χ4n) is 1.64. The zero-order chi connectivity index (χ0) is 14.4. The van der Waals surface area contributed by atoms with Crippen LogP contribution in [0.3, 0.4) is 0 Å². The molecule has 0 radical (unpaired) electrons. The highest BCUT2D eigenvalue weighted by Gasteiger charge is 2.02. The molecule has 0 saturated heterocycles. The fraction of sp³-hybridized carbons (Fsp3) is 0.286. The molecule has 0 amide bonds. The average molecular weight is 291 g/mol. The van der Waals surface area contributed by atoms with Crippen molar-refractivity contribution in [2.24, 2.45) is 10.9 Å². The molecule has 2 rings (SSSR count). The number of hydrogen-bond donors (Lipinski definition) is 2. The summed E-state index contributed by atoms with van der Waals surface area (Å²) in [7, 11) is 0. The predicted octanol–water partition coefficient (Wildman–Crippen LogP) is 1.98. The molecule has 1 heterocycles. The minimum Gasteiger partial charge on any atom is -0.392 e. The average Bonchev–Trinajstić information content (AvgIpc) is 2.85. The number of hydrogen-bond acceptors (Lipinski definition) is 5. The summed E-state index contributed by atoms with van der Waals surface area (Å²) < 4.78 is 0. The number of aryl methyl sites for hydroxylation is 1. The highest BCUT2D eigenvalue weighted by Crippen LogP contribution is 2.09. The second-order valence-electron chi connectivity index (χ2n) is 4.37. The molecule has 0 unspecified atom stereocenters. The number of benzene rings is 1. The van der Waals surface area contributed by atoms with Gasteiger partial charge in [0, 0.05) is 5.38 Å². The first-order valence-electron chi connectivity index (χ1n) is 6.21. The predicted molar refractivity (Wildman–Crippen MR) is 79.3 cm³/mol. The molecule has 0 aliphatic rings. The van der Waals surface area contributed by atoms with Gasteiger partial charge in [0.1, 0.15) is 12.4 Å². The molecule has 106 valence electrons.